The van der Waals surface area contributed by atoms with Crippen molar-refractivity contribution >= 4 is 17.4 Å². The van der Waals surface area contributed by atoms with Gasteiger partial charge >= 0.3 is 6.03 Å². The van der Waals surface area contributed by atoms with Gasteiger partial charge in [0.25, 0.3) is 0 Å². The minimum absolute atomic E-state index is 0.0898. The third-order valence-electron chi connectivity index (χ3n) is 2.94. The largest absolute Gasteiger partial charge is 0.338 e. The van der Waals surface area contributed by atoms with Gasteiger partial charge in [-0.2, -0.15) is 0 Å². The molecule has 88 valence electrons. The van der Waals surface area contributed by atoms with Gasteiger partial charge in [0.1, 0.15) is 0 Å². The summed E-state index contributed by atoms with van der Waals surface area (Å²) in [5, 5.41) is 2.89. The van der Waals surface area contributed by atoms with Crippen LogP contribution in [0.25, 0.3) is 0 Å². The highest BCUT2D eigenvalue weighted by molar-refractivity contribution is 7.11. The van der Waals surface area contributed by atoms with Crippen molar-refractivity contribution in [2.45, 2.75) is 32.7 Å². The van der Waals surface area contributed by atoms with E-state index in [4.69, 9.17) is 0 Å². The molecule has 1 fully saturated rings. The molecule has 3 nitrogen and oxygen atoms in total. The van der Waals surface area contributed by atoms with Crippen LogP contribution in [0.15, 0.2) is 12.1 Å². The number of hydrogen-bond donors (Lipinski definition) is 1. The van der Waals surface area contributed by atoms with Crippen molar-refractivity contribution in [2.75, 3.05) is 13.1 Å². The van der Waals surface area contributed by atoms with Gasteiger partial charge in [-0.05, 0) is 32.4 Å². The lowest BCUT2D eigenvalue weighted by molar-refractivity contribution is 0.166. The molecule has 1 aromatic rings. The highest BCUT2D eigenvalue weighted by atomic mass is 32.1. The van der Waals surface area contributed by atoms with E-state index in [0.717, 1.165) is 25.9 Å². The average molecular weight is 238 g/mol. The molecule has 0 aromatic carbocycles. The van der Waals surface area contributed by atoms with Crippen molar-refractivity contribution < 1.29 is 4.79 Å². The number of carbonyl (C=O) groups excluding carboxylic acids is 1. The summed E-state index contributed by atoms with van der Waals surface area (Å²) in [6.45, 7) is 5.95. The van der Waals surface area contributed by atoms with Crippen molar-refractivity contribution in [2.24, 2.45) is 0 Å². The van der Waals surface area contributed by atoms with E-state index in [1.807, 2.05) is 16.2 Å². The van der Waals surface area contributed by atoms with Gasteiger partial charge in [-0.1, -0.05) is 0 Å². The second-order valence-electron chi connectivity index (χ2n) is 4.34. The molecule has 1 unspecified atom stereocenters. The van der Waals surface area contributed by atoms with Gasteiger partial charge in [0.05, 0.1) is 0 Å². The number of nitrogens with one attached hydrogen (secondary N) is 1. The molecule has 1 aliphatic heterocycles. The minimum atomic E-state index is 0.0898. The molecular weight excluding hydrogens is 220 g/mol. The minimum Gasteiger partial charge on any atom is -0.338 e. The van der Waals surface area contributed by atoms with Crippen LogP contribution in [0, 0.1) is 6.92 Å². The Balaban J connectivity index is 1.96. The number of urea groups is 1. The van der Waals surface area contributed by atoms with Crippen LogP contribution < -0.4 is 5.32 Å². The topological polar surface area (TPSA) is 32.3 Å². The van der Waals surface area contributed by atoms with E-state index in [9.17, 15) is 4.79 Å². The summed E-state index contributed by atoms with van der Waals surface area (Å²) >= 11 is 1.82. The number of nitrogens with zero attached hydrogens (tertiary/aromatic N) is 1. The molecule has 0 radical (unpaired) electrons. The number of rotatable bonds is 3. The molecule has 0 bridgehead atoms. The van der Waals surface area contributed by atoms with E-state index >= 15 is 0 Å². The molecule has 1 N–H and O–H groups in total. The molecule has 16 heavy (non-hydrogen) atoms. The van der Waals surface area contributed by atoms with Crippen molar-refractivity contribution in [3.8, 4) is 0 Å². The molecule has 2 heterocycles. The van der Waals surface area contributed by atoms with Crippen LogP contribution >= 0.6 is 11.3 Å². The highest BCUT2D eigenvalue weighted by Crippen LogP contribution is 2.19. The summed E-state index contributed by atoms with van der Waals surface area (Å²) in [5.41, 5.74) is 0. The van der Waals surface area contributed by atoms with E-state index in [0.29, 0.717) is 6.04 Å². The van der Waals surface area contributed by atoms with E-state index < -0.39 is 0 Å². The zero-order valence-corrected chi connectivity index (χ0v) is 10.6. The molecule has 2 rings (SSSR count). The van der Waals surface area contributed by atoms with Crippen molar-refractivity contribution in [3.63, 3.8) is 0 Å². The van der Waals surface area contributed by atoms with Crippen LogP contribution in [0.2, 0.25) is 0 Å². The number of aryl methyl sites for hydroxylation is 1. The third-order valence-corrected chi connectivity index (χ3v) is 3.96. The number of amides is 2. The summed E-state index contributed by atoms with van der Waals surface area (Å²) in [5.74, 6) is 0. The highest BCUT2D eigenvalue weighted by Gasteiger charge is 2.23. The lowest BCUT2D eigenvalue weighted by Crippen LogP contribution is -2.50. The van der Waals surface area contributed by atoms with Crippen molar-refractivity contribution in [1.29, 1.82) is 0 Å². The quantitative estimate of drug-likeness (QED) is 0.861. The first kappa shape index (κ1) is 11.5. The summed E-state index contributed by atoms with van der Waals surface area (Å²) in [7, 11) is 0. The monoisotopic (exact) mass is 238 g/mol. The van der Waals surface area contributed by atoms with Crippen LogP contribution in [0.1, 0.15) is 23.1 Å². The molecule has 1 saturated heterocycles. The van der Waals surface area contributed by atoms with Crippen molar-refractivity contribution in [1.82, 2.24) is 10.2 Å². The van der Waals surface area contributed by atoms with Crippen LogP contribution in [-0.2, 0) is 6.42 Å². The molecule has 4 heteroatoms. The van der Waals surface area contributed by atoms with Crippen LogP contribution in [-0.4, -0.2) is 30.1 Å². The first-order chi connectivity index (χ1) is 7.66. The third kappa shape index (κ3) is 2.55. The normalized spacial score (nSPS) is 18.4. The van der Waals surface area contributed by atoms with Crippen LogP contribution in [0.4, 0.5) is 4.79 Å². The Kier molecular flexibility index (Phi) is 3.49. The summed E-state index contributed by atoms with van der Waals surface area (Å²) in [6.07, 6.45) is 2.02. The Morgan fingerprint density at radius 1 is 1.56 bits per heavy atom. The van der Waals surface area contributed by atoms with Crippen molar-refractivity contribution in [3.05, 3.63) is 21.9 Å². The number of hydrogen-bond acceptors (Lipinski definition) is 2. The fourth-order valence-corrected chi connectivity index (χ4v) is 3.07. The molecule has 2 amide bonds. The Morgan fingerprint density at radius 3 is 3.00 bits per heavy atom. The van der Waals surface area contributed by atoms with E-state index in [1.165, 1.54) is 9.75 Å². The van der Waals surface area contributed by atoms with Gasteiger partial charge in [0.15, 0.2) is 0 Å². The summed E-state index contributed by atoms with van der Waals surface area (Å²) < 4.78 is 0. The number of thiophene rings is 1. The smallest absolute Gasteiger partial charge is 0.317 e. The van der Waals surface area contributed by atoms with E-state index in [-0.39, 0.29) is 6.03 Å². The SMILES string of the molecule is Cc1ccc(CC(C)N2CCCNC2=O)s1. The standard InChI is InChI=1S/C12H18N2OS/c1-9(8-11-5-4-10(2)16-11)14-7-3-6-13-12(14)15/h4-5,9H,3,6-8H2,1-2H3,(H,13,15). The maximum absolute atomic E-state index is 11.6. The molecule has 0 aliphatic carbocycles. The fourth-order valence-electron chi connectivity index (χ4n) is 2.06. The average Bonchev–Trinajstić information content (AvgIpc) is 2.64. The molecule has 0 spiro atoms. The molecule has 0 saturated carbocycles. The molecular formula is C12H18N2OS. The molecule has 1 aromatic heterocycles. The second kappa shape index (κ2) is 4.87. The van der Waals surface area contributed by atoms with Crippen LogP contribution in [0.5, 0.6) is 0 Å². The lowest BCUT2D eigenvalue weighted by atomic mass is 10.1. The first-order valence-corrected chi connectivity index (χ1v) is 6.58. The predicted molar refractivity (Wildman–Crippen MR) is 66.9 cm³/mol. The van der Waals surface area contributed by atoms with Gasteiger partial charge in [-0.25, -0.2) is 4.79 Å². The van der Waals surface area contributed by atoms with Gasteiger partial charge in [-0.3, -0.25) is 0 Å². The van der Waals surface area contributed by atoms with Gasteiger partial charge < -0.3 is 10.2 Å². The Hall–Kier alpha value is -1.03. The van der Waals surface area contributed by atoms with Gasteiger partial charge in [0, 0.05) is 35.3 Å². The second-order valence-corrected chi connectivity index (χ2v) is 5.72. The Labute approximate surface area is 100 Å². The summed E-state index contributed by atoms with van der Waals surface area (Å²) in [6, 6.07) is 4.69. The zero-order valence-electron chi connectivity index (χ0n) is 9.82. The van der Waals surface area contributed by atoms with E-state index in [2.05, 4.69) is 31.3 Å². The Bertz CT molecular complexity index is 375. The van der Waals surface area contributed by atoms with Crippen LogP contribution in [0.3, 0.4) is 0 Å². The number of carbonyl (C=O) groups is 1. The maximum Gasteiger partial charge on any atom is 0.317 e. The Morgan fingerprint density at radius 2 is 2.38 bits per heavy atom. The molecule has 1 aliphatic rings. The fraction of sp³-hybridized carbons (Fsp3) is 0.583. The molecule has 1 atom stereocenters. The van der Waals surface area contributed by atoms with E-state index in [1.54, 1.807) is 0 Å². The maximum atomic E-state index is 11.6. The first-order valence-electron chi connectivity index (χ1n) is 5.76. The zero-order chi connectivity index (χ0) is 11.5. The lowest BCUT2D eigenvalue weighted by Gasteiger charge is -2.32. The van der Waals surface area contributed by atoms with Gasteiger partial charge in [-0.15, -0.1) is 11.3 Å². The van der Waals surface area contributed by atoms with Gasteiger partial charge in [0.2, 0.25) is 0 Å². The summed E-state index contributed by atoms with van der Waals surface area (Å²) in [4.78, 5) is 16.3. The predicted octanol–water partition coefficient (Wildman–Crippen LogP) is 2.40.